The minimum atomic E-state index is 0.943. The van der Waals surface area contributed by atoms with Gasteiger partial charge in [0.2, 0.25) is 0 Å². The number of fused-ring (bicyclic) bond motifs is 1. The summed E-state index contributed by atoms with van der Waals surface area (Å²) in [6.45, 7) is 2.02. The third-order valence-electron chi connectivity index (χ3n) is 1.76. The predicted octanol–water partition coefficient (Wildman–Crippen LogP) is 2.33. The van der Waals surface area contributed by atoms with E-state index in [1.165, 1.54) is 5.56 Å². The summed E-state index contributed by atoms with van der Waals surface area (Å²) in [5, 5.41) is 0. The molecule has 0 bridgehead atoms. The summed E-state index contributed by atoms with van der Waals surface area (Å²) in [4.78, 5) is 0. The van der Waals surface area contributed by atoms with Crippen molar-refractivity contribution in [3.8, 4) is 5.75 Å². The topological polar surface area (TPSA) is 9.23 Å². The second-order valence-corrected chi connectivity index (χ2v) is 2.77. The molecule has 0 aromatic heterocycles. The molecule has 1 aliphatic heterocycles. The molecule has 0 N–H and O–H groups in total. The maximum atomic E-state index is 5.25. The zero-order chi connectivity index (χ0) is 7.68. The smallest absolute Gasteiger partial charge is 0.169 e. The first kappa shape index (κ1) is 6.47. The fourth-order valence-electron chi connectivity index (χ4n) is 1.21. The molecule has 0 aliphatic carbocycles. The molecule has 2 rings (SSSR count). The summed E-state index contributed by atoms with van der Waals surface area (Å²) < 4.78 is 5.25. The van der Waals surface area contributed by atoms with Gasteiger partial charge in [0.05, 0.1) is 0 Å². The number of allylic oxidation sites excluding steroid dienone is 1. The molecule has 0 unspecified atom stereocenters. The molecule has 0 fully saturated rings. The average molecular weight is 145 g/mol. The highest BCUT2D eigenvalue weighted by Gasteiger charge is 2.08. The van der Waals surface area contributed by atoms with Gasteiger partial charge in [-0.2, -0.15) is 0 Å². The number of para-hydroxylation sites is 1. The average Bonchev–Trinajstić information content (AvgIpc) is 2.04. The van der Waals surface area contributed by atoms with Crippen molar-refractivity contribution in [3.05, 3.63) is 41.7 Å². The van der Waals surface area contributed by atoms with Crippen LogP contribution in [-0.2, 0) is 6.42 Å². The molecule has 1 heteroatoms. The Morgan fingerprint density at radius 2 is 2.18 bits per heavy atom. The van der Waals surface area contributed by atoms with Crippen LogP contribution < -0.4 is 4.74 Å². The molecular weight excluding hydrogens is 136 g/mol. The molecule has 0 saturated heterocycles. The van der Waals surface area contributed by atoms with Gasteiger partial charge in [-0.3, -0.25) is 0 Å². The molecule has 1 aromatic carbocycles. The quantitative estimate of drug-likeness (QED) is 0.544. The molecule has 1 aromatic rings. The Morgan fingerprint density at radius 3 is 3.09 bits per heavy atom. The summed E-state index contributed by atoms with van der Waals surface area (Å²) in [5.41, 5.74) is 2.41. The Labute approximate surface area is 66.3 Å². The minimum Gasteiger partial charge on any atom is -0.453 e. The summed E-state index contributed by atoms with van der Waals surface area (Å²) in [6, 6.07) is 8.05. The van der Waals surface area contributed by atoms with Crippen LogP contribution in [0, 0.1) is 6.26 Å². The summed E-state index contributed by atoms with van der Waals surface area (Å²) >= 11 is 0. The van der Waals surface area contributed by atoms with Gasteiger partial charge >= 0.3 is 0 Å². The van der Waals surface area contributed by atoms with Crippen LogP contribution in [0.2, 0.25) is 0 Å². The van der Waals surface area contributed by atoms with Crippen molar-refractivity contribution in [2.75, 3.05) is 0 Å². The van der Waals surface area contributed by atoms with Crippen LogP contribution in [0.1, 0.15) is 12.5 Å². The Kier molecular flexibility index (Phi) is 1.42. The van der Waals surface area contributed by atoms with Gasteiger partial charge in [0.1, 0.15) is 5.75 Å². The summed E-state index contributed by atoms with van der Waals surface area (Å²) in [7, 11) is 0. The van der Waals surface area contributed by atoms with Crippen LogP contribution in [0.25, 0.3) is 0 Å². The summed E-state index contributed by atoms with van der Waals surface area (Å²) in [5.74, 6) is 0.943. The lowest BCUT2D eigenvalue weighted by Crippen LogP contribution is -2.00. The number of rotatable bonds is 0. The Balaban J connectivity index is 2.42. The van der Waals surface area contributed by atoms with E-state index in [9.17, 15) is 0 Å². The van der Waals surface area contributed by atoms with Crippen LogP contribution in [0.3, 0.4) is 0 Å². The fourth-order valence-corrected chi connectivity index (χ4v) is 1.21. The Morgan fingerprint density at radius 1 is 1.36 bits per heavy atom. The van der Waals surface area contributed by atoms with Crippen LogP contribution in [0.5, 0.6) is 5.75 Å². The number of ether oxygens (including phenoxy) is 1. The maximum absolute atomic E-state index is 5.25. The molecule has 0 saturated carbocycles. The van der Waals surface area contributed by atoms with Crippen LogP contribution in [0.15, 0.2) is 29.8 Å². The molecular formula is C10H9O. The van der Waals surface area contributed by atoms with E-state index in [1.54, 1.807) is 0 Å². The summed E-state index contributed by atoms with van der Waals surface area (Å²) in [6.07, 6.45) is 3.82. The van der Waals surface area contributed by atoms with Crippen molar-refractivity contribution in [1.29, 1.82) is 0 Å². The van der Waals surface area contributed by atoms with Crippen LogP contribution in [-0.4, -0.2) is 0 Å². The first-order valence-electron chi connectivity index (χ1n) is 3.69. The highest BCUT2D eigenvalue weighted by Crippen LogP contribution is 2.24. The van der Waals surface area contributed by atoms with E-state index in [0.717, 1.165) is 17.7 Å². The van der Waals surface area contributed by atoms with Crippen molar-refractivity contribution in [1.82, 2.24) is 0 Å². The van der Waals surface area contributed by atoms with Gasteiger partial charge in [0.15, 0.2) is 6.26 Å². The molecule has 1 radical (unpaired) electrons. The molecule has 1 heterocycles. The van der Waals surface area contributed by atoms with Gasteiger partial charge in [0, 0.05) is 6.42 Å². The molecule has 1 aliphatic rings. The first-order valence-corrected chi connectivity index (χ1v) is 3.69. The fraction of sp³-hybridized carbons (Fsp3) is 0.200. The lowest BCUT2D eigenvalue weighted by molar-refractivity contribution is 0.428. The maximum Gasteiger partial charge on any atom is 0.169 e. The standard InChI is InChI=1S/C10H9O/c1-8-6-9-4-2-3-5-10(9)11-7-8/h2-5H,6H2,1H3. The van der Waals surface area contributed by atoms with Gasteiger partial charge in [0.25, 0.3) is 0 Å². The Bertz CT molecular complexity index is 299. The monoisotopic (exact) mass is 145 g/mol. The highest BCUT2D eigenvalue weighted by molar-refractivity contribution is 5.38. The van der Waals surface area contributed by atoms with E-state index in [2.05, 4.69) is 12.3 Å². The lowest BCUT2D eigenvalue weighted by atomic mass is 10.1. The van der Waals surface area contributed by atoms with Crippen LogP contribution >= 0.6 is 0 Å². The number of benzene rings is 1. The van der Waals surface area contributed by atoms with E-state index in [-0.39, 0.29) is 0 Å². The number of hydrogen-bond acceptors (Lipinski definition) is 1. The lowest BCUT2D eigenvalue weighted by Gasteiger charge is -2.12. The van der Waals surface area contributed by atoms with Gasteiger partial charge in [-0.1, -0.05) is 18.2 Å². The minimum absolute atomic E-state index is 0.943. The Hall–Kier alpha value is -1.24. The van der Waals surface area contributed by atoms with Gasteiger partial charge in [-0.15, -0.1) is 0 Å². The van der Waals surface area contributed by atoms with Gasteiger partial charge in [-0.25, -0.2) is 0 Å². The molecule has 0 spiro atoms. The SMILES string of the molecule is CC1=[C]Oc2ccccc2C1. The first-order chi connectivity index (χ1) is 5.36. The van der Waals surface area contributed by atoms with E-state index < -0.39 is 0 Å². The molecule has 11 heavy (non-hydrogen) atoms. The molecule has 0 atom stereocenters. The molecule has 0 amide bonds. The zero-order valence-corrected chi connectivity index (χ0v) is 6.42. The van der Waals surface area contributed by atoms with Crippen molar-refractivity contribution in [3.63, 3.8) is 0 Å². The third kappa shape index (κ3) is 1.14. The molecule has 1 nitrogen and oxygen atoms in total. The van der Waals surface area contributed by atoms with E-state index in [4.69, 9.17) is 4.74 Å². The van der Waals surface area contributed by atoms with Crippen molar-refractivity contribution < 1.29 is 4.74 Å². The van der Waals surface area contributed by atoms with E-state index in [1.807, 2.05) is 25.1 Å². The van der Waals surface area contributed by atoms with E-state index in [0.29, 0.717) is 0 Å². The second-order valence-electron chi connectivity index (χ2n) is 2.77. The largest absolute Gasteiger partial charge is 0.453 e. The van der Waals surface area contributed by atoms with Gasteiger partial charge in [-0.05, 0) is 24.1 Å². The zero-order valence-electron chi connectivity index (χ0n) is 6.42. The van der Waals surface area contributed by atoms with Gasteiger partial charge < -0.3 is 4.74 Å². The second kappa shape index (κ2) is 2.42. The predicted molar refractivity (Wildman–Crippen MR) is 43.2 cm³/mol. The highest BCUT2D eigenvalue weighted by atomic mass is 16.5. The van der Waals surface area contributed by atoms with Crippen molar-refractivity contribution in [2.45, 2.75) is 13.3 Å². The normalized spacial score (nSPS) is 14.8. The number of hydrogen-bond donors (Lipinski definition) is 0. The van der Waals surface area contributed by atoms with Crippen LogP contribution in [0.4, 0.5) is 0 Å². The van der Waals surface area contributed by atoms with Crippen molar-refractivity contribution >= 4 is 0 Å². The van der Waals surface area contributed by atoms with Crippen molar-refractivity contribution in [2.24, 2.45) is 0 Å². The molecule has 55 valence electrons. The third-order valence-corrected chi connectivity index (χ3v) is 1.76. The van der Waals surface area contributed by atoms with E-state index >= 15 is 0 Å².